The van der Waals surface area contributed by atoms with Gasteiger partial charge in [-0.2, -0.15) is 0 Å². The van der Waals surface area contributed by atoms with E-state index in [1.54, 1.807) is 7.05 Å². The van der Waals surface area contributed by atoms with Crippen LogP contribution in [0.15, 0.2) is 12.1 Å². The van der Waals surface area contributed by atoms with Gasteiger partial charge < -0.3 is 10.6 Å². The molecule has 1 aliphatic carbocycles. The summed E-state index contributed by atoms with van der Waals surface area (Å²) in [6.45, 7) is 0.821. The van der Waals surface area contributed by atoms with E-state index in [9.17, 15) is 10.1 Å². The molecule has 2 rings (SSSR count). The number of hydrogen-bond acceptors (Lipinski definition) is 5. The SMILES string of the molecule is CNc1cc([N+](=O)[O-])cc(NCCC2CCCCC2)n1. The van der Waals surface area contributed by atoms with Gasteiger partial charge in [-0.3, -0.25) is 10.1 Å². The molecule has 0 amide bonds. The van der Waals surface area contributed by atoms with E-state index in [0.717, 1.165) is 18.9 Å². The first-order chi connectivity index (χ1) is 9.69. The third-order valence-corrected chi connectivity index (χ3v) is 3.86. The van der Waals surface area contributed by atoms with E-state index in [4.69, 9.17) is 0 Å². The Morgan fingerprint density at radius 2 is 2.00 bits per heavy atom. The Kier molecular flexibility index (Phi) is 5.15. The molecule has 0 bridgehead atoms. The van der Waals surface area contributed by atoms with Gasteiger partial charge in [-0.05, 0) is 12.3 Å². The third kappa shape index (κ3) is 4.08. The van der Waals surface area contributed by atoms with Crippen LogP contribution in [-0.4, -0.2) is 23.5 Å². The molecule has 1 aromatic rings. The second kappa shape index (κ2) is 7.07. The number of hydrogen-bond donors (Lipinski definition) is 2. The molecule has 110 valence electrons. The molecule has 0 spiro atoms. The Morgan fingerprint density at radius 1 is 1.30 bits per heavy atom. The quantitative estimate of drug-likeness (QED) is 0.615. The van der Waals surface area contributed by atoms with Crippen molar-refractivity contribution in [3.63, 3.8) is 0 Å². The molecule has 6 nitrogen and oxygen atoms in total. The molecule has 2 N–H and O–H groups in total. The van der Waals surface area contributed by atoms with Crippen molar-refractivity contribution in [3.05, 3.63) is 22.2 Å². The summed E-state index contributed by atoms with van der Waals surface area (Å²) in [5.41, 5.74) is 0.0597. The molecule has 0 unspecified atom stereocenters. The molecular weight excluding hydrogens is 256 g/mol. The zero-order valence-electron chi connectivity index (χ0n) is 11.9. The van der Waals surface area contributed by atoms with Crippen molar-refractivity contribution in [1.82, 2.24) is 4.98 Å². The average Bonchev–Trinajstić information content (AvgIpc) is 2.48. The zero-order valence-corrected chi connectivity index (χ0v) is 11.9. The molecule has 6 heteroatoms. The van der Waals surface area contributed by atoms with Crippen molar-refractivity contribution in [1.29, 1.82) is 0 Å². The van der Waals surface area contributed by atoms with Crippen molar-refractivity contribution in [2.24, 2.45) is 5.92 Å². The fourth-order valence-electron chi connectivity index (χ4n) is 2.72. The maximum atomic E-state index is 10.9. The first-order valence-electron chi connectivity index (χ1n) is 7.27. The lowest BCUT2D eigenvalue weighted by Gasteiger charge is -2.21. The lowest BCUT2D eigenvalue weighted by molar-refractivity contribution is -0.384. The summed E-state index contributed by atoms with van der Waals surface area (Å²) < 4.78 is 0. The number of rotatable bonds is 6. The molecule has 1 aromatic heterocycles. The van der Waals surface area contributed by atoms with E-state index in [1.165, 1.54) is 44.2 Å². The Morgan fingerprint density at radius 3 is 2.65 bits per heavy atom. The van der Waals surface area contributed by atoms with E-state index in [2.05, 4.69) is 15.6 Å². The molecule has 0 radical (unpaired) electrons. The molecule has 1 heterocycles. The van der Waals surface area contributed by atoms with Gasteiger partial charge in [0, 0.05) is 13.6 Å². The van der Waals surface area contributed by atoms with Crippen LogP contribution < -0.4 is 10.6 Å². The standard InChI is InChI=1S/C14H22N4O2/c1-15-13-9-12(18(19)20)10-14(17-13)16-8-7-11-5-3-2-4-6-11/h9-11H,2-8H2,1H3,(H2,15,16,17). The topological polar surface area (TPSA) is 80.1 Å². The molecule has 1 aliphatic rings. The van der Waals surface area contributed by atoms with Gasteiger partial charge in [-0.1, -0.05) is 32.1 Å². The van der Waals surface area contributed by atoms with Gasteiger partial charge in [0.15, 0.2) is 0 Å². The van der Waals surface area contributed by atoms with Crippen LogP contribution in [0, 0.1) is 16.0 Å². The summed E-state index contributed by atoms with van der Waals surface area (Å²) in [7, 11) is 1.71. The maximum Gasteiger partial charge on any atom is 0.276 e. The fraction of sp³-hybridized carbons (Fsp3) is 0.643. The predicted octanol–water partition coefficient (Wildman–Crippen LogP) is 3.41. The molecule has 0 atom stereocenters. The molecular formula is C14H22N4O2. The van der Waals surface area contributed by atoms with Crippen LogP contribution in [0.25, 0.3) is 0 Å². The van der Waals surface area contributed by atoms with Crippen molar-refractivity contribution < 1.29 is 4.92 Å². The van der Waals surface area contributed by atoms with Crippen LogP contribution in [0.1, 0.15) is 38.5 Å². The largest absolute Gasteiger partial charge is 0.373 e. The van der Waals surface area contributed by atoms with Gasteiger partial charge >= 0.3 is 0 Å². The number of nitrogens with one attached hydrogen (secondary N) is 2. The summed E-state index contributed by atoms with van der Waals surface area (Å²) in [5, 5.41) is 16.9. The monoisotopic (exact) mass is 278 g/mol. The summed E-state index contributed by atoms with van der Waals surface area (Å²) >= 11 is 0. The highest BCUT2D eigenvalue weighted by Gasteiger charge is 2.14. The first kappa shape index (κ1) is 14.6. The fourth-order valence-corrected chi connectivity index (χ4v) is 2.72. The van der Waals surface area contributed by atoms with E-state index in [1.807, 2.05) is 0 Å². The Hall–Kier alpha value is -1.85. The van der Waals surface area contributed by atoms with Crippen LogP contribution in [-0.2, 0) is 0 Å². The number of nitro groups is 1. The van der Waals surface area contributed by atoms with Crippen molar-refractivity contribution in [2.75, 3.05) is 24.2 Å². The molecule has 1 fully saturated rings. The van der Waals surface area contributed by atoms with Crippen molar-refractivity contribution >= 4 is 17.3 Å². The minimum absolute atomic E-state index is 0.0597. The number of aromatic nitrogens is 1. The van der Waals surface area contributed by atoms with E-state index in [-0.39, 0.29) is 5.69 Å². The van der Waals surface area contributed by atoms with E-state index < -0.39 is 4.92 Å². The zero-order chi connectivity index (χ0) is 14.4. The van der Waals surface area contributed by atoms with Gasteiger partial charge in [0.05, 0.1) is 17.1 Å². The number of anilines is 2. The minimum Gasteiger partial charge on any atom is -0.373 e. The Bertz CT molecular complexity index is 458. The van der Waals surface area contributed by atoms with Crippen LogP contribution in [0.5, 0.6) is 0 Å². The summed E-state index contributed by atoms with van der Waals surface area (Å²) in [4.78, 5) is 14.8. The van der Waals surface area contributed by atoms with Gasteiger partial charge in [0.1, 0.15) is 11.6 Å². The summed E-state index contributed by atoms with van der Waals surface area (Å²) in [6, 6.07) is 2.92. The first-order valence-corrected chi connectivity index (χ1v) is 7.27. The second-order valence-corrected chi connectivity index (χ2v) is 5.32. The van der Waals surface area contributed by atoms with Crippen LogP contribution in [0.2, 0.25) is 0 Å². The van der Waals surface area contributed by atoms with Crippen LogP contribution in [0.4, 0.5) is 17.3 Å². The predicted molar refractivity (Wildman–Crippen MR) is 80.1 cm³/mol. The van der Waals surface area contributed by atoms with Gasteiger partial charge in [0.25, 0.3) is 5.69 Å². The molecule has 0 aliphatic heterocycles. The lowest BCUT2D eigenvalue weighted by atomic mass is 9.87. The minimum atomic E-state index is -0.394. The van der Waals surface area contributed by atoms with Gasteiger partial charge in [0.2, 0.25) is 0 Å². The number of pyridine rings is 1. The molecule has 20 heavy (non-hydrogen) atoms. The average molecular weight is 278 g/mol. The highest BCUT2D eigenvalue weighted by atomic mass is 16.6. The van der Waals surface area contributed by atoms with Gasteiger partial charge in [-0.25, -0.2) is 4.98 Å². The smallest absolute Gasteiger partial charge is 0.276 e. The van der Waals surface area contributed by atoms with Crippen molar-refractivity contribution in [3.8, 4) is 0 Å². The maximum absolute atomic E-state index is 10.9. The van der Waals surface area contributed by atoms with Crippen molar-refractivity contribution in [2.45, 2.75) is 38.5 Å². The second-order valence-electron chi connectivity index (χ2n) is 5.32. The highest BCUT2D eigenvalue weighted by molar-refractivity contribution is 5.54. The summed E-state index contributed by atoms with van der Waals surface area (Å²) in [5.74, 6) is 1.87. The number of nitrogens with zero attached hydrogens (tertiary/aromatic N) is 2. The normalized spacial score (nSPS) is 15.8. The highest BCUT2D eigenvalue weighted by Crippen LogP contribution is 2.26. The van der Waals surface area contributed by atoms with Crippen LogP contribution in [0.3, 0.4) is 0 Å². The van der Waals surface area contributed by atoms with Gasteiger partial charge in [-0.15, -0.1) is 0 Å². The lowest BCUT2D eigenvalue weighted by Crippen LogP contribution is -2.13. The Balaban J connectivity index is 1.91. The molecule has 0 saturated heterocycles. The summed E-state index contributed by atoms with van der Waals surface area (Å²) in [6.07, 6.45) is 7.77. The molecule has 1 saturated carbocycles. The van der Waals surface area contributed by atoms with E-state index >= 15 is 0 Å². The molecule has 0 aromatic carbocycles. The Labute approximate surface area is 119 Å². The van der Waals surface area contributed by atoms with E-state index in [0.29, 0.717) is 11.6 Å². The van der Waals surface area contributed by atoms with Crippen LogP contribution >= 0.6 is 0 Å². The third-order valence-electron chi connectivity index (χ3n) is 3.86.